The molecule has 0 N–H and O–H groups in total. The Labute approximate surface area is 120 Å². The van der Waals surface area contributed by atoms with Gasteiger partial charge in [-0.05, 0) is 30.7 Å². The van der Waals surface area contributed by atoms with Crippen molar-refractivity contribution in [3.05, 3.63) is 24.3 Å². The summed E-state index contributed by atoms with van der Waals surface area (Å²) in [7, 11) is -2.30. The van der Waals surface area contributed by atoms with Gasteiger partial charge in [0.2, 0.25) is 0 Å². The molecule has 0 saturated heterocycles. The van der Waals surface area contributed by atoms with Gasteiger partial charge in [0.05, 0.1) is 12.4 Å². The molecule has 0 aliphatic carbocycles. The first-order valence-corrected chi connectivity index (χ1v) is 7.01. The summed E-state index contributed by atoms with van der Waals surface area (Å²) in [6.45, 7) is 3.97. The molecule has 6 heteroatoms. The van der Waals surface area contributed by atoms with Crippen LogP contribution < -0.4 is 19.4 Å². The van der Waals surface area contributed by atoms with Crippen LogP contribution in [0.15, 0.2) is 24.3 Å². The van der Waals surface area contributed by atoms with Gasteiger partial charge in [-0.25, -0.2) is 0 Å². The zero-order valence-corrected chi connectivity index (χ0v) is 11.9. The van der Waals surface area contributed by atoms with Crippen molar-refractivity contribution in [2.45, 2.75) is 32.6 Å². The monoisotopic (exact) mass is 280 g/mol. The fraction of sp³-hybridized carbons (Fsp3) is 0.571. The minimum absolute atomic E-state index is 0.250. The van der Waals surface area contributed by atoms with Gasteiger partial charge in [-0.3, -0.25) is 0 Å². The number of benzene rings is 1. The molecule has 112 valence electrons. The van der Waals surface area contributed by atoms with Gasteiger partial charge < -0.3 is 24.2 Å². The first-order chi connectivity index (χ1) is 9.72. The van der Waals surface area contributed by atoms with E-state index in [1.54, 1.807) is 12.1 Å². The molecule has 1 aromatic rings. The highest BCUT2D eigenvalue weighted by molar-refractivity contribution is 6.29. The normalized spacial score (nSPS) is 10.3. The Kier molecular flexibility index (Phi) is 8.86. The van der Waals surface area contributed by atoms with E-state index in [1.165, 1.54) is 31.4 Å². The van der Waals surface area contributed by atoms with Gasteiger partial charge in [-0.2, -0.15) is 0 Å². The quantitative estimate of drug-likeness (QED) is 0.441. The molecule has 0 bridgehead atoms. The van der Waals surface area contributed by atoms with Crippen molar-refractivity contribution in [1.29, 1.82) is 0 Å². The van der Waals surface area contributed by atoms with E-state index in [2.05, 4.69) is 11.6 Å². The predicted molar refractivity (Wildman–Crippen MR) is 73.3 cm³/mol. The highest BCUT2D eigenvalue weighted by Crippen LogP contribution is 2.17. The Balaban J connectivity index is 2.07. The molecule has 20 heavy (non-hydrogen) atoms. The molecule has 0 fully saturated rings. The molecule has 0 unspecified atom stereocenters. The molecule has 0 saturated carbocycles. The van der Waals surface area contributed by atoms with E-state index in [0.29, 0.717) is 19.0 Å². The van der Waals surface area contributed by atoms with Crippen molar-refractivity contribution in [2.24, 2.45) is 0 Å². The van der Waals surface area contributed by atoms with Gasteiger partial charge >= 0.3 is 0 Å². The minimum Gasteiger partial charge on any atom is -0.860 e. The molecule has 1 rings (SSSR count). The van der Waals surface area contributed by atoms with Gasteiger partial charge in [-0.15, -0.1) is 0 Å². The lowest BCUT2D eigenvalue weighted by Crippen LogP contribution is -2.50. The van der Waals surface area contributed by atoms with Crippen LogP contribution in [0.25, 0.3) is 0 Å². The van der Waals surface area contributed by atoms with Crippen molar-refractivity contribution < 1.29 is 24.2 Å². The standard InChI is InChI=1S/C14H21BO5/c1-2-3-4-5-10-18-11-12-19-13-6-8-14(9-7-13)20-15(16)17/h6-9H,2-5,10-12H2,1H3/q-2. The van der Waals surface area contributed by atoms with E-state index < -0.39 is 7.32 Å². The molecule has 0 amide bonds. The lowest BCUT2D eigenvalue weighted by Gasteiger charge is -2.26. The zero-order chi connectivity index (χ0) is 14.6. The minimum atomic E-state index is -2.30. The molecule has 0 spiro atoms. The first kappa shape index (κ1) is 16.8. The Hall–Kier alpha value is -1.24. The summed E-state index contributed by atoms with van der Waals surface area (Å²) >= 11 is 0. The SMILES string of the molecule is CCCCCCOCCOc1ccc(OB([O-])[O-])cc1. The van der Waals surface area contributed by atoms with E-state index >= 15 is 0 Å². The molecule has 0 atom stereocenters. The molecule has 0 aliphatic rings. The average Bonchev–Trinajstić information content (AvgIpc) is 2.43. The maximum atomic E-state index is 10.3. The van der Waals surface area contributed by atoms with Crippen LogP contribution in [-0.4, -0.2) is 27.1 Å². The summed E-state index contributed by atoms with van der Waals surface area (Å²) < 4.78 is 15.4. The lowest BCUT2D eigenvalue weighted by molar-refractivity contribution is -0.372. The largest absolute Gasteiger partial charge is 0.860 e. The third kappa shape index (κ3) is 8.04. The van der Waals surface area contributed by atoms with Gasteiger partial charge in [0.15, 0.2) is 0 Å². The van der Waals surface area contributed by atoms with Gasteiger partial charge in [0, 0.05) is 6.61 Å². The van der Waals surface area contributed by atoms with Crippen LogP contribution in [-0.2, 0) is 4.74 Å². The number of unbranched alkanes of at least 4 members (excludes halogenated alkanes) is 3. The molecule has 0 heterocycles. The van der Waals surface area contributed by atoms with Crippen molar-refractivity contribution in [2.75, 3.05) is 19.8 Å². The Morgan fingerprint density at radius 2 is 1.60 bits per heavy atom. The molecule has 0 radical (unpaired) electrons. The summed E-state index contributed by atoms with van der Waals surface area (Å²) in [5.74, 6) is 0.903. The molecular formula is C14H21BO5-2. The van der Waals surface area contributed by atoms with Gasteiger partial charge in [-0.1, -0.05) is 26.2 Å². The molecule has 0 aliphatic heterocycles. The number of rotatable bonds is 11. The van der Waals surface area contributed by atoms with Gasteiger partial charge in [0.25, 0.3) is 0 Å². The van der Waals surface area contributed by atoms with Crippen LogP contribution in [0.4, 0.5) is 0 Å². The van der Waals surface area contributed by atoms with Crippen LogP contribution in [0.3, 0.4) is 0 Å². The van der Waals surface area contributed by atoms with Crippen LogP contribution in [0.5, 0.6) is 11.5 Å². The summed E-state index contributed by atoms with van der Waals surface area (Å²) in [4.78, 5) is 0. The van der Waals surface area contributed by atoms with E-state index in [9.17, 15) is 10.0 Å². The van der Waals surface area contributed by atoms with E-state index in [4.69, 9.17) is 9.47 Å². The van der Waals surface area contributed by atoms with Crippen LogP contribution in [0.1, 0.15) is 32.6 Å². The second-order valence-electron chi connectivity index (χ2n) is 4.40. The highest BCUT2D eigenvalue weighted by Gasteiger charge is 1.96. The maximum Gasteiger partial charge on any atom is 0.133 e. The molecule has 5 nitrogen and oxygen atoms in total. The van der Waals surface area contributed by atoms with Crippen molar-refractivity contribution >= 4 is 7.32 Å². The second-order valence-corrected chi connectivity index (χ2v) is 4.40. The number of hydrogen-bond acceptors (Lipinski definition) is 5. The second kappa shape index (κ2) is 10.5. The van der Waals surface area contributed by atoms with Crippen molar-refractivity contribution in [1.82, 2.24) is 0 Å². The smallest absolute Gasteiger partial charge is 0.133 e. The predicted octanol–water partition coefficient (Wildman–Crippen LogP) is 0.747. The lowest BCUT2D eigenvalue weighted by atomic mass is 10.2. The van der Waals surface area contributed by atoms with Crippen LogP contribution >= 0.6 is 0 Å². The molecule has 0 aromatic heterocycles. The molecular weight excluding hydrogens is 259 g/mol. The zero-order valence-electron chi connectivity index (χ0n) is 11.9. The fourth-order valence-electron chi connectivity index (χ4n) is 1.68. The summed E-state index contributed by atoms with van der Waals surface area (Å²) in [5.41, 5.74) is 0. The van der Waals surface area contributed by atoms with E-state index in [0.717, 1.165) is 13.0 Å². The number of ether oxygens (including phenoxy) is 2. The maximum absolute atomic E-state index is 10.3. The summed E-state index contributed by atoms with van der Waals surface area (Å²) in [5, 5.41) is 20.6. The van der Waals surface area contributed by atoms with E-state index in [1.807, 2.05) is 0 Å². The third-order valence-electron chi connectivity index (χ3n) is 2.69. The van der Waals surface area contributed by atoms with Gasteiger partial charge in [0.1, 0.15) is 19.7 Å². The molecule has 1 aromatic carbocycles. The van der Waals surface area contributed by atoms with E-state index in [-0.39, 0.29) is 5.75 Å². The van der Waals surface area contributed by atoms with Crippen molar-refractivity contribution in [3.63, 3.8) is 0 Å². The Morgan fingerprint density at radius 1 is 0.900 bits per heavy atom. The van der Waals surface area contributed by atoms with Crippen LogP contribution in [0, 0.1) is 0 Å². The summed E-state index contributed by atoms with van der Waals surface area (Å²) in [6.07, 6.45) is 4.77. The first-order valence-electron chi connectivity index (χ1n) is 7.01. The average molecular weight is 280 g/mol. The van der Waals surface area contributed by atoms with Crippen molar-refractivity contribution in [3.8, 4) is 11.5 Å². The van der Waals surface area contributed by atoms with Crippen LogP contribution in [0.2, 0.25) is 0 Å². The number of hydrogen-bond donors (Lipinski definition) is 0. The third-order valence-corrected chi connectivity index (χ3v) is 2.69. The fourth-order valence-corrected chi connectivity index (χ4v) is 1.68. The highest BCUT2D eigenvalue weighted by atomic mass is 16.6. The Morgan fingerprint density at radius 3 is 2.25 bits per heavy atom. The topological polar surface area (TPSA) is 73.8 Å². The Bertz CT molecular complexity index is 342. The summed E-state index contributed by atoms with van der Waals surface area (Å²) in [6, 6.07) is 6.37.